The minimum atomic E-state index is -0.261. The first-order valence-electron chi connectivity index (χ1n) is 9.59. The Morgan fingerprint density at radius 2 is 2.10 bits per heavy atom. The average Bonchev–Trinajstić information content (AvgIpc) is 3.41. The molecule has 150 valence electrons. The van der Waals surface area contributed by atoms with E-state index in [9.17, 15) is 4.79 Å². The zero-order valence-corrected chi connectivity index (χ0v) is 17.4. The number of likely N-dealkylation sites (tertiary alicyclic amines) is 1. The molecule has 2 aromatic heterocycles. The van der Waals surface area contributed by atoms with Gasteiger partial charge in [-0.1, -0.05) is 23.7 Å². The number of halogens is 1. The quantitative estimate of drug-likeness (QED) is 0.591. The molecule has 2 amide bonds. The molecule has 1 aliphatic heterocycles. The molecule has 1 fully saturated rings. The summed E-state index contributed by atoms with van der Waals surface area (Å²) in [5, 5.41) is 9.00. The Bertz CT molecular complexity index is 958. The fourth-order valence-electron chi connectivity index (χ4n) is 3.53. The fraction of sp³-hybridized carbons (Fsp3) is 0.286. The van der Waals surface area contributed by atoms with E-state index in [0.29, 0.717) is 16.7 Å². The molecule has 6 nitrogen and oxygen atoms in total. The normalized spacial score (nSPS) is 15.2. The largest absolute Gasteiger partial charge is 0.336 e. The number of benzene rings is 1. The van der Waals surface area contributed by atoms with Gasteiger partial charge in [-0.15, -0.1) is 11.3 Å². The predicted molar refractivity (Wildman–Crippen MR) is 117 cm³/mol. The molecule has 1 saturated heterocycles. The van der Waals surface area contributed by atoms with Crippen LogP contribution in [0.4, 0.5) is 9.93 Å². The van der Waals surface area contributed by atoms with Gasteiger partial charge in [0.05, 0.1) is 11.7 Å². The Hall–Kier alpha value is -2.48. The van der Waals surface area contributed by atoms with Gasteiger partial charge in [0, 0.05) is 34.9 Å². The van der Waals surface area contributed by atoms with Crippen LogP contribution in [0.1, 0.15) is 24.4 Å². The highest BCUT2D eigenvalue weighted by Crippen LogP contribution is 2.27. The number of nitrogens with one attached hydrogen (secondary N) is 2. The van der Waals surface area contributed by atoms with Crippen LogP contribution >= 0.6 is 22.9 Å². The lowest BCUT2D eigenvalue weighted by molar-refractivity contribution is 0.227. The summed E-state index contributed by atoms with van der Waals surface area (Å²) in [5.41, 5.74) is 2.84. The summed E-state index contributed by atoms with van der Waals surface area (Å²) in [5.74, 6) is 0. The molecule has 1 unspecified atom stereocenters. The smallest absolute Gasteiger partial charge is 0.321 e. The van der Waals surface area contributed by atoms with Gasteiger partial charge in [-0.05, 0) is 55.8 Å². The first-order valence-corrected chi connectivity index (χ1v) is 10.8. The molecule has 0 bridgehead atoms. The summed E-state index contributed by atoms with van der Waals surface area (Å²) < 4.78 is 0. The van der Waals surface area contributed by atoms with Crippen LogP contribution in [0.3, 0.4) is 0 Å². The number of carbonyl (C=O) groups excluding carboxylic acids is 1. The van der Waals surface area contributed by atoms with E-state index in [1.165, 1.54) is 24.2 Å². The zero-order chi connectivity index (χ0) is 20.1. The van der Waals surface area contributed by atoms with E-state index >= 15 is 0 Å². The summed E-state index contributed by atoms with van der Waals surface area (Å²) in [7, 11) is 0. The number of rotatable bonds is 6. The lowest BCUT2D eigenvalue weighted by Crippen LogP contribution is -2.38. The van der Waals surface area contributed by atoms with Crippen molar-refractivity contribution in [3.05, 3.63) is 64.8 Å². The lowest BCUT2D eigenvalue weighted by Gasteiger charge is -2.28. The van der Waals surface area contributed by atoms with Crippen molar-refractivity contribution in [2.75, 3.05) is 25.0 Å². The minimum Gasteiger partial charge on any atom is -0.336 e. The maximum Gasteiger partial charge on any atom is 0.321 e. The Balaban J connectivity index is 1.39. The second-order valence-corrected chi connectivity index (χ2v) is 8.22. The number of aromatic nitrogens is 2. The Labute approximate surface area is 178 Å². The SMILES string of the molecule is O=C(NCC(c1cccc(Cl)c1)N1CCCC1)Nc1nc(-c2cccnc2)cs1. The van der Waals surface area contributed by atoms with Crippen LogP contribution in [0.25, 0.3) is 11.3 Å². The molecule has 1 aliphatic rings. The standard InChI is InChI=1S/C21H22ClN5OS/c22-17-7-3-5-15(11-17)19(27-9-1-2-10-27)13-24-20(28)26-21-25-18(14-29-21)16-6-4-8-23-12-16/h3-8,11-12,14,19H,1-2,9-10,13H2,(H2,24,25,26,28). The number of amides is 2. The van der Waals surface area contributed by atoms with Crippen LogP contribution in [0, 0.1) is 0 Å². The third-order valence-electron chi connectivity index (χ3n) is 4.95. The van der Waals surface area contributed by atoms with E-state index in [0.717, 1.165) is 29.9 Å². The van der Waals surface area contributed by atoms with Gasteiger partial charge in [-0.25, -0.2) is 9.78 Å². The first kappa shape index (κ1) is 19.8. The number of hydrogen-bond donors (Lipinski definition) is 2. The zero-order valence-electron chi connectivity index (χ0n) is 15.8. The number of hydrogen-bond acceptors (Lipinski definition) is 5. The third kappa shape index (κ3) is 5.12. The number of nitrogens with zero attached hydrogens (tertiary/aromatic N) is 3. The van der Waals surface area contributed by atoms with E-state index in [4.69, 9.17) is 11.6 Å². The van der Waals surface area contributed by atoms with Crippen LogP contribution in [-0.4, -0.2) is 40.5 Å². The van der Waals surface area contributed by atoms with Crippen LogP contribution in [0.15, 0.2) is 54.2 Å². The number of carbonyl (C=O) groups is 1. The van der Waals surface area contributed by atoms with Crippen LogP contribution < -0.4 is 10.6 Å². The highest BCUT2D eigenvalue weighted by Gasteiger charge is 2.24. The van der Waals surface area contributed by atoms with E-state index in [-0.39, 0.29) is 12.1 Å². The van der Waals surface area contributed by atoms with Crippen molar-refractivity contribution < 1.29 is 4.79 Å². The second kappa shape index (κ2) is 9.35. The van der Waals surface area contributed by atoms with Crippen molar-refractivity contribution >= 4 is 34.1 Å². The van der Waals surface area contributed by atoms with Gasteiger partial charge in [0.1, 0.15) is 0 Å². The van der Waals surface area contributed by atoms with E-state index < -0.39 is 0 Å². The van der Waals surface area contributed by atoms with Gasteiger partial charge >= 0.3 is 6.03 Å². The lowest BCUT2D eigenvalue weighted by atomic mass is 10.1. The maximum atomic E-state index is 12.5. The molecule has 0 radical (unpaired) electrons. The van der Waals surface area contributed by atoms with Crippen molar-refractivity contribution in [1.82, 2.24) is 20.2 Å². The summed E-state index contributed by atoms with van der Waals surface area (Å²) in [6.07, 6.45) is 5.84. The van der Waals surface area contributed by atoms with Gasteiger partial charge in [0.15, 0.2) is 5.13 Å². The number of thiazole rings is 1. The van der Waals surface area contributed by atoms with E-state index in [1.54, 1.807) is 12.4 Å². The summed E-state index contributed by atoms with van der Waals surface area (Å²) in [4.78, 5) is 23.4. The van der Waals surface area contributed by atoms with E-state index in [1.807, 2.05) is 35.7 Å². The van der Waals surface area contributed by atoms with Crippen molar-refractivity contribution in [1.29, 1.82) is 0 Å². The monoisotopic (exact) mass is 427 g/mol. The van der Waals surface area contributed by atoms with Gasteiger partial charge in [0.2, 0.25) is 0 Å². The molecule has 29 heavy (non-hydrogen) atoms. The fourth-order valence-corrected chi connectivity index (χ4v) is 4.45. The first-order chi connectivity index (χ1) is 14.2. The minimum absolute atomic E-state index is 0.101. The van der Waals surface area contributed by atoms with Crippen molar-refractivity contribution in [3.63, 3.8) is 0 Å². The highest BCUT2D eigenvalue weighted by molar-refractivity contribution is 7.14. The van der Waals surface area contributed by atoms with Crippen molar-refractivity contribution in [3.8, 4) is 11.3 Å². The Morgan fingerprint density at radius 1 is 1.24 bits per heavy atom. The number of pyridine rings is 1. The number of anilines is 1. The average molecular weight is 428 g/mol. The van der Waals surface area contributed by atoms with Crippen LogP contribution in [0.2, 0.25) is 5.02 Å². The van der Waals surface area contributed by atoms with Gasteiger partial charge in [0.25, 0.3) is 0 Å². The van der Waals surface area contributed by atoms with Gasteiger partial charge in [-0.2, -0.15) is 0 Å². The second-order valence-electron chi connectivity index (χ2n) is 6.93. The van der Waals surface area contributed by atoms with Gasteiger partial charge in [-0.3, -0.25) is 15.2 Å². The highest BCUT2D eigenvalue weighted by atomic mass is 35.5. The third-order valence-corrected chi connectivity index (χ3v) is 5.95. The molecule has 0 saturated carbocycles. The van der Waals surface area contributed by atoms with Crippen LogP contribution in [-0.2, 0) is 0 Å². The molecule has 3 heterocycles. The molecule has 0 spiro atoms. The Kier molecular flexibility index (Phi) is 6.39. The van der Waals surface area contributed by atoms with Crippen molar-refractivity contribution in [2.45, 2.75) is 18.9 Å². The van der Waals surface area contributed by atoms with Crippen molar-refractivity contribution in [2.24, 2.45) is 0 Å². The number of urea groups is 1. The van der Waals surface area contributed by atoms with Gasteiger partial charge < -0.3 is 5.32 Å². The Morgan fingerprint density at radius 3 is 2.86 bits per heavy atom. The molecule has 1 atom stereocenters. The molecule has 3 aromatic rings. The summed E-state index contributed by atoms with van der Waals surface area (Å²) in [6.45, 7) is 2.57. The molecule has 2 N–H and O–H groups in total. The molecule has 4 rings (SSSR count). The maximum absolute atomic E-state index is 12.5. The summed E-state index contributed by atoms with van der Waals surface area (Å²) >= 11 is 7.58. The molecule has 8 heteroatoms. The van der Waals surface area contributed by atoms with Crippen LogP contribution in [0.5, 0.6) is 0 Å². The van der Waals surface area contributed by atoms with E-state index in [2.05, 4.69) is 31.6 Å². The molecular weight excluding hydrogens is 406 g/mol. The predicted octanol–water partition coefficient (Wildman–Crippen LogP) is 4.82. The molecule has 0 aliphatic carbocycles. The molecular formula is C21H22ClN5OS. The molecule has 1 aromatic carbocycles. The topological polar surface area (TPSA) is 70.2 Å². The summed E-state index contributed by atoms with van der Waals surface area (Å²) in [6, 6.07) is 11.5.